The highest BCUT2D eigenvalue weighted by Crippen LogP contribution is 2.31. The second-order valence-electron chi connectivity index (χ2n) is 10.5. The Morgan fingerprint density at radius 3 is 1.63 bits per heavy atom. The fraction of sp³-hybridized carbons (Fsp3) is 0.962. The van der Waals surface area contributed by atoms with E-state index in [2.05, 4.69) is 6.92 Å². The van der Waals surface area contributed by atoms with E-state index in [1.165, 1.54) is 38.5 Å². The molecule has 12 heteroatoms. The van der Waals surface area contributed by atoms with E-state index in [-0.39, 0.29) is 6.42 Å². The molecule has 0 aromatic heterocycles. The number of aliphatic hydroxyl groups is 8. The number of unbranched alkanes of at least 4 members (excludes halogenated alkanes) is 10. The van der Waals surface area contributed by atoms with Gasteiger partial charge in [-0.05, 0) is 6.42 Å². The summed E-state index contributed by atoms with van der Waals surface area (Å²) in [5.41, 5.74) is 0. The molecular formula is C26H48O12. The normalized spacial score (nSPS) is 37.8. The van der Waals surface area contributed by atoms with Crippen molar-refractivity contribution in [1.29, 1.82) is 0 Å². The Hall–Kier alpha value is -0.930. The Morgan fingerprint density at radius 1 is 0.632 bits per heavy atom. The summed E-state index contributed by atoms with van der Waals surface area (Å²) in [7, 11) is 0. The van der Waals surface area contributed by atoms with Gasteiger partial charge in [-0.25, -0.2) is 0 Å². The molecule has 1 aliphatic carbocycles. The van der Waals surface area contributed by atoms with E-state index < -0.39 is 79.9 Å². The standard InChI is InChI=1S/C26H48O12/c1-2-3-4-5-6-7-8-9-10-11-12-13-16(28)37-24-21(33)19(31)20(32)22(34)25(24)38-26-23(35)18(30)17(29)15(14-27)36-26/h15,17-27,29-35H,2-14H2,1H3. The van der Waals surface area contributed by atoms with Gasteiger partial charge in [-0.2, -0.15) is 0 Å². The summed E-state index contributed by atoms with van der Waals surface area (Å²) in [5, 5.41) is 80.8. The first kappa shape index (κ1) is 33.3. The smallest absolute Gasteiger partial charge is 0.306 e. The molecule has 0 aromatic carbocycles. The van der Waals surface area contributed by atoms with Gasteiger partial charge in [0.1, 0.15) is 54.9 Å². The first-order valence-corrected chi connectivity index (χ1v) is 14.0. The highest BCUT2D eigenvalue weighted by Gasteiger charge is 2.54. The average molecular weight is 553 g/mol. The summed E-state index contributed by atoms with van der Waals surface area (Å²) in [6, 6.07) is 0. The molecule has 0 aromatic rings. The fourth-order valence-electron chi connectivity index (χ4n) is 4.96. The molecule has 12 nitrogen and oxygen atoms in total. The van der Waals surface area contributed by atoms with Gasteiger partial charge in [0, 0.05) is 6.42 Å². The van der Waals surface area contributed by atoms with Crippen molar-refractivity contribution in [1.82, 2.24) is 0 Å². The second kappa shape index (κ2) is 17.0. The lowest BCUT2D eigenvalue weighted by molar-refractivity contribution is -0.340. The van der Waals surface area contributed by atoms with Crippen molar-refractivity contribution in [2.45, 2.75) is 151 Å². The Kier molecular flexibility index (Phi) is 14.9. The van der Waals surface area contributed by atoms with Crippen molar-refractivity contribution in [3.8, 4) is 0 Å². The lowest BCUT2D eigenvalue weighted by Gasteiger charge is -2.46. The van der Waals surface area contributed by atoms with Crippen LogP contribution in [0, 0.1) is 0 Å². The van der Waals surface area contributed by atoms with Crippen molar-refractivity contribution in [3.63, 3.8) is 0 Å². The van der Waals surface area contributed by atoms with Gasteiger partial charge in [-0.1, -0.05) is 71.1 Å². The van der Waals surface area contributed by atoms with Crippen LogP contribution in [-0.4, -0.2) is 121 Å². The maximum atomic E-state index is 12.5. The minimum absolute atomic E-state index is 0.0295. The van der Waals surface area contributed by atoms with Gasteiger partial charge in [0.25, 0.3) is 0 Å². The van der Waals surface area contributed by atoms with E-state index in [4.69, 9.17) is 14.2 Å². The lowest BCUT2D eigenvalue weighted by atomic mass is 9.84. The quantitative estimate of drug-likeness (QED) is 0.0878. The highest BCUT2D eigenvalue weighted by molar-refractivity contribution is 5.69. The van der Waals surface area contributed by atoms with Crippen molar-refractivity contribution in [2.24, 2.45) is 0 Å². The van der Waals surface area contributed by atoms with Gasteiger partial charge in [0.15, 0.2) is 12.4 Å². The maximum absolute atomic E-state index is 12.5. The highest BCUT2D eigenvalue weighted by atomic mass is 16.7. The van der Waals surface area contributed by atoms with Crippen molar-refractivity contribution < 1.29 is 59.9 Å². The number of aliphatic hydroxyl groups excluding tert-OH is 8. The van der Waals surface area contributed by atoms with Crippen LogP contribution in [0.3, 0.4) is 0 Å². The number of rotatable bonds is 16. The maximum Gasteiger partial charge on any atom is 0.306 e. The summed E-state index contributed by atoms with van der Waals surface area (Å²) in [5.74, 6) is -0.705. The summed E-state index contributed by atoms with van der Waals surface area (Å²) >= 11 is 0. The predicted octanol–water partition coefficient (Wildman–Crippen LogP) is -0.758. The van der Waals surface area contributed by atoms with Crippen LogP contribution in [0.1, 0.15) is 84.0 Å². The third kappa shape index (κ3) is 9.33. The number of esters is 1. The SMILES string of the molecule is CCCCCCCCCCCCCC(=O)OC1C(O)C(O)C(O)C(O)C1OC1OC(CO)C(O)C(O)C1O. The lowest BCUT2D eigenvalue weighted by Crippen LogP contribution is -2.67. The topological polar surface area (TPSA) is 207 Å². The minimum atomic E-state index is -1.87. The Labute approximate surface area is 224 Å². The van der Waals surface area contributed by atoms with Crippen molar-refractivity contribution in [3.05, 3.63) is 0 Å². The van der Waals surface area contributed by atoms with E-state index in [9.17, 15) is 45.6 Å². The van der Waals surface area contributed by atoms with Crippen LogP contribution in [0.15, 0.2) is 0 Å². The van der Waals surface area contributed by atoms with Crippen LogP contribution in [0.5, 0.6) is 0 Å². The van der Waals surface area contributed by atoms with Crippen molar-refractivity contribution >= 4 is 5.97 Å². The van der Waals surface area contributed by atoms with Crippen LogP contribution in [-0.2, 0) is 19.0 Å². The van der Waals surface area contributed by atoms with Crippen LogP contribution in [0.2, 0.25) is 0 Å². The first-order chi connectivity index (χ1) is 18.1. The number of hydrogen-bond acceptors (Lipinski definition) is 12. The van der Waals surface area contributed by atoms with Gasteiger partial charge >= 0.3 is 5.97 Å². The minimum Gasteiger partial charge on any atom is -0.457 e. The average Bonchev–Trinajstić information content (AvgIpc) is 2.91. The Balaban J connectivity index is 1.86. The molecule has 11 unspecified atom stereocenters. The molecule has 224 valence electrons. The summed E-state index contributed by atoms with van der Waals surface area (Å²) < 4.78 is 16.1. The molecule has 1 aliphatic heterocycles. The molecular weight excluding hydrogens is 504 g/mol. The van der Waals surface area contributed by atoms with Crippen LogP contribution in [0.25, 0.3) is 0 Å². The number of ether oxygens (including phenoxy) is 3. The molecule has 2 aliphatic rings. The number of hydrogen-bond donors (Lipinski definition) is 8. The first-order valence-electron chi connectivity index (χ1n) is 14.0. The van der Waals surface area contributed by atoms with Crippen molar-refractivity contribution in [2.75, 3.05) is 6.61 Å². The molecule has 0 spiro atoms. The van der Waals surface area contributed by atoms with Crippen LogP contribution in [0.4, 0.5) is 0 Å². The Morgan fingerprint density at radius 2 is 1.11 bits per heavy atom. The molecule has 0 bridgehead atoms. The molecule has 1 saturated carbocycles. The fourth-order valence-corrected chi connectivity index (χ4v) is 4.96. The molecule has 2 fully saturated rings. The van der Waals surface area contributed by atoms with Gasteiger partial charge in [0.05, 0.1) is 6.61 Å². The summed E-state index contributed by atoms with van der Waals surface area (Å²) in [6.45, 7) is 1.47. The third-order valence-corrected chi connectivity index (χ3v) is 7.44. The van der Waals surface area contributed by atoms with Gasteiger partial charge in [-0.3, -0.25) is 4.79 Å². The summed E-state index contributed by atoms with van der Waals surface area (Å²) in [4.78, 5) is 12.5. The van der Waals surface area contributed by atoms with E-state index in [0.29, 0.717) is 6.42 Å². The van der Waals surface area contributed by atoms with Crippen LogP contribution < -0.4 is 0 Å². The van der Waals surface area contributed by atoms with E-state index in [1.807, 2.05) is 0 Å². The summed E-state index contributed by atoms with van der Waals surface area (Å²) in [6.07, 6.45) is -6.84. The van der Waals surface area contributed by atoms with Gasteiger partial charge < -0.3 is 55.1 Å². The van der Waals surface area contributed by atoms with E-state index in [0.717, 1.165) is 25.7 Å². The van der Waals surface area contributed by atoms with Crippen LogP contribution >= 0.6 is 0 Å². The van der Waals surface area contributed by atoms with Gasteiger partial charge in [-0.15, -0.1) is 0 Å². The predicted molar refractivity (Wildman–Crippen MR) is 134 cm³/mol. The second-order valence-corrected chi connectivity index (χ2v) is 10.5. The molecule has 0 radical (unpaired) electrons. The molecule has 11 atom stereocenters. The zero-order valence-corrected chi connectivity index (χ0v) is 22.3. The Bertz CT molecular complexity index is 664. The zero-order valence-electron chi connectivity index (χ0n) is 22.3. The monoisotopic (exact) mass is 552 g/mol. The third-order valence-electron chi connectivity index (χ3n) is 7.44. The largest absolute Gasteiger partial charge is 0.457 e. The molecule has 38 heavy (non-hydrogen) atoms. The zero-order chi connectivity index (χ0) is 28.2. The van der Waals surface area contributed by atoms with E-state index in [1.54, 1.807) is 0 Å². The van der Waals surface area contributed by atoms with Gasteiger partial charge in [0.2, 0.25) is 0 Å². The number of carbonyl (C=O) groups is 1. The number of carbonyl (C=O) groups excluding carboxylic acids is 1. The molecule has 1 heterocycles. The van der Waals surface area contributed by atoms with E-state index >= 15 is 0 Å². The molecule has 1 saturated heterocycles. The molecule has 0 amide bonds. The molecule has 8 N–H and O–H groups in total. The molecule has 2 rings (SSSR count).